The molecule has 1 aliphatic heterocycles. The fraction of sp³-hybridized carbons (Fsp3) is 0.615. The summed E-state index contributed by atoms with van der Waals surface area (Å²) in [6.07, 6.45) is 5.84. The van der Waals surface area contributed by atoms with Crippen molar-refractivity contribution >= 4 is 0 Å². The lowest BCUT2D eigenvalue weighted by molar-refractivity contribution is 0.187. The third-order valence-electron chi connectivity index (χ3n) is 3.21. The van der Waals surface area contributed by atoms with Crippen LogP contribution in [-0.2, 0) is 0 Å². The Balaban J connectivity index is 2.08. The van der Waals surface area contributed by atoms with Crippen LogP contribution in [0.4, 0.5) is 0 Å². The van der Waals surface area contributed by atoms with E-state index >= 15 is 0 Å². The van der Waals surface area contributed by atoms with Crippen LogP contribution < -0.4 is 4.74 Å². The molecule has 1 saturated heterocycles. The minimum absolute atomic E-state index is 0.539. The molecule has 1 aliphatic rings. The van der Waals surface area contributed by atoms with Gasteiger partial charge < -0.3 is 4.74 Å². The van der Waals surface area contributed by atoms with Crippen LogP contribution in [0.15, 0.2) is 18.3 Å². The molecule has 0 N–H and O–H groups in total. The second kappa shape index (κ2) is 5.30. The van der Waals surface area contributed by atoms with Crippen molar-refractivity contribution in [1.82, 2.24) is 9.88 Å². The molecule has 0 saturated carbocycles. The van der Waals surface area contributed by atoms with Crippen molar-refractivity contribution in [3.63, 3.8) is 0 Å². The molecule has 88 valence electrons. The van der Waals surface area contributed by atoms with Crippen LogP contribution >= 0.6 is 0 Å². The number of pyridine rings is 1. The summed E-state index contributed by atoms with van der Waals surface area (Å²) in [5, 5.41) is 0. The smallest absolute Gasteiger partial charge is 0.213 e. The van der Waals surface area contributed by atoms with E-state index in [0.717, 1.165) is 5.88 Å². The Morgan fingerprint density at radius 1 is 1.44 bits per heavy atom. The predicted octanol–water partition coefficient (Wildman–Crippen LogP) is 2.64. The number of hydrogen-bond acceptors (Lipinski definition) is 3. The van der Waals surface area contributed by atoms with E-state index in [1.165, 1.54) is 31.4 Å². The van der Waals surface area contributed by atoms with Crippen LogP contribution in [0.25, 0.3) is 0 Å². The van der Waals surface area contributed by atoms with Crippen LogP contribution in [-0.4, -0.2) is 30.1 Å². The zero-order valence-electron chi connectivity index (χ0n) is 10.1. The first kappa shape index (κ1) is 11.4. The largest absolute Gasteiger partial charge is 0.478 e. The molecule has 16 heavy (non-hydrogen) atoms. The maximum Gasteiger partial charge on any atom is 0.213 e. The van der Waals surface area contributed by atoms with E-state index in [-0.39, 0.29) is 0 Å². The molecule has 3 heteroatoms. The number of rotatable bonds is 3. The maximum absolute atomic E-state index is 5.35. The van der Waals surface area contributed by atoms with Gasteiger partial charge in [-0.1, -0.05) is 12.5 Å². The van der Waals surface area contributed by atoms with Gasteiger partial charge in [-0.15, -0.1) is 0 Å². The highest BCUT2D eigenvalue weighted by atomic mass is 16.5. The topological polar surface area (TPSA) is 25.4 Å². The van der Waals surface area contributed by atoms with Gasteiger partial charge in [0.1, 0.15) is 0 Å². The molecule has 1 fully saturated rings. The predicted molar refractivity (Wildman–Crippen MR) is 64.6 cm³/mol. The van der Waals surface area contributed by atoms with E-state index in [4.69, 9.17) is 4.74 Å². The summed E-state index contributed by atoms with van der Waals surface area (Å²) in [6, 6.07) is 4.66. The average molecular weight is 220 g/mol. The minimum Gasteiger partial charge on any atom is -0.478 e. The summed E-state index contributed by atoms with van der Waals surface area (Å²) >= 11 is 0. The van der Waals surface area contributed by atoms with Gasteiger partial charge in [-0.2, -0.15) is 0 Å². The Labute approximate surface area is 97.4 Å². The highest BCUT2D eigenvalue weighted by Gasteiger charge is 2.20. The monoisotopic (exact) mass is 220 g/mol. The highest BCUT2D eigenvalue weighted by Crippen LogP contribution is 2.29. The highest BCUT2D eigenvalue weighted by molar-refractivity contribution is 5.21. The number of likely N-dealkylation sites (tertiary alicyclic amines) is 1. The zero-order chi connectivity index (χ0) is 11.4. The van der Waals surface area contributed by atoms with Crippen molar-refractivity contribution in [3.05, 3.63) is 23.9 Å². The molecular formula is C13H20N2O. The van der Waals surface area contributed by atoms with Crippen molar-refractivity contribution in [2.45, 2.75) is 32.2 Å². The van der Waals surface area contributed by atoms with Gasteiger partial charge in [0.25, 0.3) is 0 Å². The summed E-state index contributed by atoms with van der Waals surface area (Å²) in [6.45, 7) is 3.85. The van der Waals surface area contributed by atoms with E-state index in [9.17, 15) is 0 Å². The Morgan fingerprint density at radius 3 is 2.94 bits per heavy atom. The Bertz CT molecular complexity index is 323. The van der Waals surface area contributed by atoms with Crippen LogP contribution in [0.2, 0.25) is 0 Å². The third kappa shape index (κ3) is 2.53. The number of piperidine rings is 1. The first-order chi connectivity index (χ1) is 7.81. The fourth-order valence-electron chi connectivity index (χ4n) is 2.32. The lowest BCUT2D eigenvalue weighted by Gasteiger charge is -2.32. The van der Waals surface area contributed by atoms with Crippen molar-refractivity contribution < 1.29 is 4.74 Å². The molecule has 0 radical (unpaired) electrons. The standard InChI is InChI=1S/C13H20N2O/c1-3-16-13-8-7-11(10-14-13)12-6-4-5-9-15(12)2/h7-8,10,12H,3-6,9H2,1-2H3/t12-/m1/s1. The van der Waals surface area contributed by atoms with Gasteiger partial charge in [0.05, 0.1) is 6.61 Å². The Hall–Kier alpha value is -1.09. The first-order valence-electron chi connectivity index (χ1n) is 6.10. The van der Waals surface area contributed by atoms with Crippen LogP contribution in [0.3, 0.4) is 0 Å². The van der Waals surface area contributed by atoms with Gasteiger partial charge in [-0.05, 0) is 38.9 Å². The summed E-state index contributed by atoms with van der Waals surface area (Å²) in [4.78, 5) is 6.75. The van der Waals surface area contributed by atoms with Crippen molar-refractivity contribution in [3.8, 4) is 5.88 Å². The van der Waals surface area contributed by atoms with E-state index < -0.39 is 0 Å². The first-order valence-corrected chi connectivity index (χ1v) is 6.10. The summed E-state index contributed by atoms with van der Waals surface area (Å²) in [5.74, 6) is 0.727. The molecule has 0 aromatic carbocycles. The van der Waals surface area contributed by atoms with Gasteiger partial charge >= 0.3 is 0 Å². The molecule has 1 atom stereocenters. The second-order valence-corrected chi connectivity index (χ2v) is 4.35. The Kier molecular flexibility index (Phi) is 3.78. The molecule has 3 nitrogen and oxygen atoms in total. The van der Waals surface area contributed by atoms with Crippen LogP contribution in [0, 0.1) is 0 Å². The SMILES string of the molecule is CCOc1ccc([C@H]2CCCCN2C)cn1. The molecule has 0 spiro atoms. The molecular weight excluding hydrogens is 200 g/mol. The van der Waals surface area contributed by atoms with Crippen molar-refractivity contribution in [2.24, 2.45) is 0 Å². The third-order valence-corrected chi connectivity index (χ3v) is 3.21. The van der Waals surface area contributed by atoms with E-state index in [1.807, 2.05) is 19.2 Å². The number of nitrogens with zero attached hydrogens (tertiary/aromatic N) is 2. The quantitative estimate of drug-likeness (QED) is 0.783. The molecule has 1 aromatic rings. The molecule has 0 bridgehead atoms. The number of aromatic nitrogens is 1. The van der Waals surface area contributed by atoms with Gasteiger partial charge in [-0.3, -0.25) is 4.90 Å². The normalized spacial score (nSPS) is 22.0. The van der Waals surface area contributed by atoms with Crippen molar-refractivity contribution in [2.75, 3.05) is 20.2 Å². The maximum atomic E-state index is 5.35. The lowest BCUT2D eigenvalue weighted by Crippen LogP contribution is -2.29. The average Bonchev–Trinajstić information content (AvgIpc) is 2.31. The van der Waals surface area contributed by atoms with E-state index in [0.29, 0.717) is 12.6 Å². The van der Waals surface area contributed by atoms with Gasteiger partial charge in [-0.25, -0.2) is 4.98 Å². The number of hydrogen-bond donors (Lipinski definition) is 0. The molecule has 2 rings (SSSR count). The number of ether oxygens (including phenoxy) is 1. The molecule has 0 unspecified atom stereocenters. The lowest BCUT2D eigenvalue weighted by atomic mass is 9.97. The molecule has 2 heterocycles. The molecule has 1 aromatic heterocycles. The fourth-order valence-corrected chi connectivity index (χ4v) is 2.32. The second-order valence-electron chi connectivity index (χ2n) is 4.35. The van der Waals surface area contributed by atoms with Crippen LogP contribution in [0.5, 0.6) is 5.88 Å². The summed E-state index contributed by atoms with van der Waals surface area (Å²) in [5.41, 5.74) is 1.31. The molecule has 0 aliphatic carbocycles. The van der Waals surface area contributed by atoms with E-state index in [2.05, 4.69) is 23.0 Å². The summed E-state index contributed by atoms with van der Waals surface area (Å²) in [7, 11) is 2.19. The van der Waals surface area contributed by atoms with Gasteiger partial charge in [0.15, 0.2) is 0 Å². The minimum atomic E-state index is 0.539. The van der Waals surface area contributed by atoms with Crippen LogP contribution in [0.1, 0.15) is 37.8 Å². The van der Waals surface area contributed by atoms with Gasteiger partial charge in [0.2, 0.25) is 5.88 Å². The molecule has 0 amide bonds. The summed E-state index contributed by atoms with van der Waals surface area (Å²) < 4.78 is 5.35. The van der Waals surface area contributed by atoms with Crippen molar-refractivity contribution in [1.29, 1.82) is 0 Å². The van der Waals surface area contributed by atoms with Gasteiger partial charge in [0, 0.05) is 18.3 Å². The zero-order valence-corrected chi connectivity index (χ0v) is 10.1. The van der Waals surface area contributed by atoms with E-state index in [1.54, 1.807) is 0 Å². The Morgan fingerprint density at radius 2 is 2.31 bits per heavy atom.